The van der Waals surface area contributed by atoms with Crippen molar-refractivity contribution in [1.29, 1.82) is 0 Å². The van der Waals surface area contributed by atoms with Gasteiger partial charge in [0.1, 0.15) is 0 Å². The van der Waals surface area contributed by atoms with Gasteiger partial charge in [0.25, 0.3) is 0 Å². The molecule has 7 nitrogen and oxygen atoms in total. The van der Waals surface area contributed by atoms with Gasteiger partial charge in [0.2, 0.25) is 15.8 Å². The molecule has 0 aliphatic heterocycles. The number of benzene rings is 1. The predicted octanol–water partition coefficient (Wildman–Crippen LogP) is 1.42. The SMILES string of the molecule is CC(C)CC(CO)NS(=O)(=O)c1ccc(F)c([N+](=O)[O-])c1. The van der Waals surface area contributed by atoms with Crippen LogP contribution in [-0.2, 0) is 10.0 Å². The molecule has 0 spiro atoms. The lowest BCUT2D eigenvalue weighted by Crippen LogP contribution is -2.38. The molecule has 0 aromatic heterocycles. The maximum absolute atomic E-state index is 13.2. The van der Waals surface area contributed by atoms with Crippen LogP contribution in [0.4, 0.5) is 10.1 Å². The molecule has 0 saturated carbocycles. The fraction of sp³-hybridized carbons (Fsp3) is 0.500. The number of hydrogen-bond acceptors (Lipinski definition) is 5. The summed E-state index contributed by atoms with van der Waals surface area (Å²) in [5.74, 6) is -0.966. The van der Waals surface area contributed by atoms with E-state index in [9.17, 15) is 28.0 Å². The van der Waals surface area contributed by atoms with E-state index in [4.69, 9.17) is 0 Å². The van der Waals surface area contributed by atoms with E-state index in [2.05, 4.69) is 4.72 Å². The van der Waals surface area contributed by atoms with Crippen LogP contribution in [0.25, 0.3) is 0 Å². The van der Waals surface area contributed by atoms with E-state index in [1.807, 2.05) is 13.8 Å². The average molecular weight is 320 g/mol. The Morgan fingerprint density at radius 1 is 1.43 bits per heavy atom. The highest BCUT2D eigenvalue weighted by atomic mass is 32.2. The van der Waals surface area contributed by atoms with Crippen LogP contribution in [0, 0.1) is 21.8 Å². The van der Waals surface area contributed by atoms with E-state index >= 15 is 0 Å². The molecule has 21 heavy (non-hydrogen) atoms. The van der Waals surface area contributed by atoms with Crippen molar-refractivity contribution in [2.75, 3.05) is 6.61 Å². The van der Waals surface area contributed by atoms with Gasteiger partial charge in [0, 0.05) is 12.1 Å². The summed E-state index contributed by atoms with van der Waals surface area (Å²) in [7, 11) is -4.07. The summed E-state index contributed by atoms with van der Waals surface area (Å²) in [5.41, 5.74) is -0.915. The lowest BCUT2D eigenvalue weighted by molar-refractivity contribution is -0.387. The highest BCUT2D eigenvalue weighted by Gasteiger charge is 2.24. The quantitative estimate of drug-likeness (QED) is 0.583. The smallest absolute Gasteiger partial charge is 0.306 e. The number of halogens is 1. The summed E-state index contributed by atoms with van der Waals surface area (Å²) < 4.78 is 39.7. The molecule has 0 aliphatic rings. The van der Waals surface area contributed by atoms with Crippen molar-refractivity contribution < 1.29 is 22.8 Å². The van der Waals surface area contributed by atoms with E-state index in [1.54, 1.807) is 0 Å². The summed E-state index contributed by atoms with van der Waals surface area (Å²) in [6.07, 6.45) is 0.402. The van der Waals surface area contributed by atoms with Crippen molar-refractivity contribution in [3.63, 3.8) is 0 Å². The minimum atomic E-state index is -4.07. The number of rotatable bonds is 7. The van der Waals surface area contributed by atoms with Crippen LogP contribution < -0.4 is 4.72 Å². The first-order valence-corrected chi connectivity index (χ1v) is 7.72. The molecule has 0 amide bonds. The monoisotopic (exact) mass is 320 g/mol. The number of sulfonamides is 1. The second kappa shape index (κ2) is 6.92. The normalized spacial score (nSPS) is 13.4. The van der Waals surface area contributed by atoms with Crippen LogP contribution in [-0.4, -0.2) is 31.1 Å². The molecule has 0 heterocycles. The van der Waals surface area contributed by atoms with Gasteiger partial charge >= 0.3 is 5.69 Å². The first-order chi connectivity index (χ1) is 9.67. The second-order valence-corrected chi connectivity index (χ2v) is 6.71. The number of aliphatic hydroxyl groups is 1. The van der Waals surface area contributed by atoms with Crippen molar-refractivity contribution in [3.8, 4) is 0 Å². The fourth-order valence-electron chi connectivity index (χ4n) is 1.82. The Balaban J connectivity index is 3.07. The molecule has 0 aliphatic carbocycles. The Labute approximate surface area is 122 Å². The van der Waals surface area contributed by atoms with Crippen LogP contribution in [0.2, 0.25) is 0 Å². The molecular weight excluding hydrogens is 303 g/mol. The van der Waals surface area contributed by atoms with Gasteiger partial charge in [0.15, 0.2) is 0 Å². The standard InChI is InChI=1S/C12H17FN2O5S/c1-8(2)5-9(7-16)14-21(19,20)10-3-4-11(13)12(6-10)15(17)18/h3-4,6,8-9,14,16H,5,7H2,1-2H3. The van der Waals surface area contributed by atoms with Crippen molar-refractivity contribution in [2.45, 2.75) is 31.2 Å². The third-order valence-electron chi connectivity index (χ3n) is 2.72. The summed E-state index contributed by atoms with van der Waals surface area (Å²) in [6.45, 7) is 3.32. The molecule has 1 unspecified atom stereocenters. The molecular formula is C12H17FN2O5S. The summed E-state index contributed by atoms with van der Waals surface area (Å²) in [6, 6.07) is 1.61. The zero-order valence-electron chi connectivity index (χ0n) is 11.6. The molecule has 0 fully saturated rings. The van der Waals surface area contributed by atoms with Gasteiger partial charge in [-0.25, -0.2) is 13.1 Å². The number of nitro groups is 1. The number of nitro benzene ring substituents is 1. The molecule has 118 valence electrons. The van der Waals surface area contributed by atoms with Gasteiger partial charge in [-0.3, -0.25) is 10.1 Å². The van der Waals surface area contributed by atoms with Crippen molar-refractivity contribution in [1.82, 2.24) is 4.72 Å². The third-order valence-corrected chi connectivity index (χ3v) is 4.24. The second-order valence-electron chi connectivity index (χ2n) is 5.00. The number of nitrogens with zero attached hydrogens (tertiary/aromatic N) is 1. The Bertz CT molecular complexity index is 618. The number of nitrogens with one attached hydrogen (secondary N) is 1. The number of hydrogen-bond donors (Lipinski definition) is 2. The van der Waals surface area contributed by atoms with Crippen LogP contribution in [0.15, 0.2) is 23.1 Å². The molecule has 1 atom stereocenters. The molecule has 1 aromatic carbocycles. The molecule has 2 N–H and O–H groups in total. The third kappa shape index (κ3) is 4.73. The van der Waals surface area contributed by atoms with Crippen molar-refractivity contribution >= 4 is 15.7 Å². The van der Waals surface area contributed by atoms with Gasteiger partial charge in [-0.1, -0.05) is 13.8 Å². The Morgan fingerprint density at radius 3 is 2.52 bits per heavy atom. The first kappa shape index (κ1) is 17.5. The number of aliphatic hydroxyl groups excluding tert-OH is 1. The minimum Gasteiger partial charge on any atom is -0.395 e. The van der Waals surface area contributed by atoms with Crippen LogP contribution >= 0.6 is 0 Å². The van der Waals surface area contributed by atoms with E-state index < -0.39 is 44.0 Å². The highest BCUT2D eigenvalue weighted by Crippen LogP contribution is 2.22. The highest BCUT2D eigenvalue weighted by molar-refractivity contribution is 7.89. The molecule has 9 heteroatoms. The zero-order chi connectivity index (χ0) is 16.2. The van der Waals surface area contributed by atoms with Crippen LogP contribution in [0.5, 0.6) is 0 Å². The maximum atomic E-state index is 13.2. The van der Waals surface area contributed by atoms with Crippen molar-refractivity contribution in [2.24, 2.45) is 5.92 Å². The van der Waals surface area contributed by atoms with E-state index in [0.29, 0.717) is 12.5 Å². The van der Waals surface area contributed by atoms with Crippen molar-refractivity contribution in [3.05, 3.63) is 34.1 Å². The average Bonchev–Trinajstić information content (AvgIpc) is 2.36. The van der Waals surface area contributed by atoms with Gasteiger partial charge in [-0.15, -0.1) is 0 Å². The molecule has 0 bridgehead atoms. The lowest BCUT2D eigenvalue weighted by Gasteiger charge is -2.18. The molecule has 0 radical (unpaired) electrons. The summed E-state index contributed by atoms with van der Waals surface area (Å²) >= 11 is 0. The lowest BCUT2D eigenvalue weighted by atomic mass is 10.1. The molecule has 1 rings (SSSR count). The van der Waals surface area contributed by atoms with Gasteiger partial charge in [0.05, 0.1) is 16.4 Å². The van der Waals surface area contributed by atoms with Crippen LogP contribution in [0.3, 0.4) is 0 Å². The van der Waals surface area contributed by atoms with Gasteiger partial charge in [-0.2, -0.15) is 4.39 Å². The Hall–Kier alpha value is -1.58. The summed E-state index contributed by atoms with van der Waals surface area (Å²) in [4.78, 5) is 9.22. The Kier molecular flexibility index (Phi) is 5.76. The van der Waals surface area contributed by atoms with E-state index in [-0.39, 0.29) is 5.92 Å². The fourth-order valence-corrected chi connectivity index (χ4v) is 3.08. The largest absolute Gasteiger partial charge is 0.395 e. The minimum absolute atomic E-state index is 0.146. The zero-order valence-corrected chi connectivity index (χ0v) is 12.4. The Morgan fingerprint density at radius 2 is 2.05 bits per heavy atom. The predicted molar refractivity (Wildman–Crippen MR) is 73.7 cm³/mol. The van der Waals surface area contributed by atoms with Gasteiger partial charge in [-0.05, 0) is 24.5 Å². The molecule has 1 aromatic rings. The van der Waals surface area contributed by atoms with E-state index in [0.717, 1.165) is 12.1 Å². The molecule has 0 saturated heterocycles. The van der Waals surface area contributed by atoms with E-state index in [1.165, 1.54) is 0 Å². The van der Waals surface area contributed by atoms with Gasteiger partial charge < -0.3 is 5.11 Å². The topological polar surface area (TPSA) is 110 Å². The first-order valence-electron chi connectivity index (χ1n) is 6.24. The summed E-state index contributed by atoms with van der Waals surface area (Å²) in [5, 5.41) is 19.8. The van der Waals surface area contributed by atoms with Crippen LogP contribution in [0.1, 0.15) is 20.3 Å². The maximum Gasteiger partial charge on any atom is 0.306 e.